The molecule has 0 spiro atoms. The summed E-state index contributed by atoms with van der Waals surface area (Å²) in [6.45, 7) is 0.430. The number of carbonyl (C=O) groups is 1. The van der Waals surface area contributed by atoms with E-state index in [9.17, 15) is 4.79 Å². The zero-order valence-electron chi connectivity index (χ0n) is 13.2. The van der Waals surface area contributed by atoms with Crippen LogP contribution in [0.25, 0.3) is 0 Å². The minimum atomic E-state index is -0.0321. The van der Waals surface area contributed by atoms with Gasteiger partial charge in [0.05, 0.1) is 20.1 Å². The number of fused-ring (bicyclic) bond motifs is 2. The van der Waals surface area contributed by atoms with E-state index in [0.29, 0.717) is 29.9 Å². The topological polar surface area (TPSA) is 73.6 Å². The summed E-state index contributed by atoms with van der Waals surface area (Å²) in [6.07, 6.45) is 3.43. The van der Waals surface area contributed by atoms with Gasteiger partial charge in [0.25, 0.3) is 0 Å². The molecule has 2 saturated carbocycles. The SMILES string of the molecule is COc1cccc(CNC(=O)C2C3CCC(C3)C2N)c1OC. The Morgan fingerprint density at radius 2 is 2.05 bits per heavy atom. The molecule has 120 valence electrons. The predicted molar refractivity (Wildman–Crippen MR) is 83.7 cm³/mol. The van der Waals surface area contributed by atoms with Gasteiger partial charge >= 0.3 is 0 Å². The summed E-state index contributed by atoms with van der Waals surface area (Å²) in [6, 6.07) is 5.69. The monoisotopic (exact) mass is 304 g/mol. The third-order valence-corrected chi connectivity index (χ3v) is 5.22. The number of rotatable bonds is 5. The van der Waals surface area contributed by atoms with E-state index in [-0.39, 0.29) is 17.9 Å². The van der Waals surface area contributed by atoms with Crippen LogP contribution in [0.1, 0.15) is 24.8 Å². The molecule has 2 aliphatic rings. The van der Waals surface area contributed by atoms with Gasteiger partial charge in [-0.15, -0.1) is 0 Å². The summed E-state index contributed by atoms with van der Waals surface area (Å²) in [4.78, 5) is 12.5. The Bertz CT molecular complexity index is 559. The molecule has 2 bridgehead atoms. The fraction of sp³-hybridized carbons (Fsp3) is 0.588. The van der Waals surface area contributed by atoms with Crippen LogP contribution in [0.2, 0.25) is 0 Å². The Hall–Kier alpha value is -1.75. The Labute approximate surface area is 131 Å². The minimum Gasteiger partial charge on any atom is -0.493 e. The molecular weight excluding hydrogens is 280 g/mol. The second-order valence-electron chi connectivity index (χ2n) is 6.31. The molecule has 1 aromatic rings. The predicted octanol–water partition coefficient (Wildman–Crippen LogP) is 1.69. The molecule has 4 unspecified atom stereocenters. The highest BCUT2D eigenvalue weighted by molar-refractivity contribution is 5.80. The van der Waals surface area contributed by atoms with Crippen LogP contribution in [0, 0.1) is 17.8 Å². The molecule has 0 aliphatic heterocycles. The number of carbonyl (C=O) groups excluding carboxylic acids is 1. The Morgan fingerprint density at radius 1 is 1.27 bits per heavy atom. The van der Waals surface area contributed by atoms with E-state index in [1.54, 1.807) is 14.2 Å². The molecule has 0 heterocycles. The number of nitrogens with one attached hydrogen (secondary N) is 1. The maximum atomic E-state index is 12.5. The highest BCUT2D eigenvalue weighted by atomic mass is 16.5. The van der Waals surface area contributed by atoms with Crippen molar-refractivity contribution in [3.63, 3.8) is 0 Å². The molecule has 2 fully saturated rings. The maximum Gasteiger partial charge on any atom is 0.225 e. The van der Waals surface area contributed by atoms with Crippen LogP contribution in [0.15, 0.2) is 18.2 Å². The van der Waals surface area contributed by atoms with Crippen LogP contribution in [0.5, 0.6) is 11.5 Å². The van der Waals surface area contributed by atoms with Crippen molar-refractivity contribution in [1.29, 1.82) is 0 Å². The molecule has 5 heteroatoms. The van der Waals surface area contributed by atoms with Gasteiger partial charge in [-0.1, -0.05) is 12.1 Å². The summed E-state index contributed by atoms with van der Waals surface area (Å²) >= 11 is 0. The molecule has 2 aliphatic carbocycles. The van der Waals surface area contributed by atoms with Gasteiger partial charge < -0.3 is 20.5 Å². The van der Waals surface area contributed by atoms with Crippen LogP contribution in [0.4, 0.5) is 0 Å². The lowest BCUT2D eigenvalue weighted by molar-refractivity contribution is -0.127. The van der Waals surface area contributed by atoms with Gasteiger partial charge in [-0.3, -0.25) is 4.79 Å². The van der Waals surface area contributed by atoms with Gasteiger partial charge in [-0.25, -0.2) is 0 Å². The number of hydrogen-bond donors (Lipinski definition) is 2. The third kappa shape index (κ3) is 2.54. The van der Waals surface area contributed by atoms with E-state index in [0.717, 1.165) is 18.4 Å². The van der Waals surface area contributed by atoms with Gasteiger partial charge in [-0.05, 0) is 37.2 Å². The van der Waals surface area contributed by atoms with Crippen molar-refractivity contribution in [2.75, 3.05) is 14.2 Å². The smallest absolute Gasteiger partial charge is 0.225 e. The van der Waals surface area contributed by atoms with Gasteiger partial charge in [0.2, 0.25) is 5.91 Å². The summed E-state index contributed by atoms with van der Waals surface area (Å²) in [5, 5.41) is 3.03. The average Bonchev–Trinajstić information content (AvgIpc) is 3.13. The normalized spacial score (nSPS) is 29.4. The highest BCUT2D eigenvalue weighted by Crippen LogP contribution is 2.47. The van der Waals surface area contributed by atoms with Crippen LogP contribution in [-0.4, -0.2) is 26.2 Å². The van der Waals surface area contributed by atoms with E-state index >= 15 is 0 Å². The van der Waals surface area contributed by atoms with Crippen LogP contribution in [0.3, 0.4) is 0 Å². The molecule has 0 saturated heterocycles. The molecule has 1 amide bonds. The Balaban J connectivity index is 1.67. The first-order chi connectivity index (χ1) is 10.7. The summed E-state index contributed by atoms with van der Waals surface area (Å²) in [5.41, 5.74) is 7.14. The minimum absolute atomic E-state index is 0.0194. The van der Waals surface area contributed by atoms with E-state index < -0.39 is 0 Å². The second kappa shape index (κ2) is 6.16. The quantitative estimate of drug-likeness (QED) is 0.868. The molecule has 0 radical (unpaired) electrons. The molecule has 0 aromatic heterocycles. The molecule has 5 nitrogen and oxygen atoms in total. The van der Waals surface area contributed by atoms with Gasteiger partial charge in [0.15, 0.2) is 11.5 Å². The fourth-order valence-corrected chi connectivity index (χ4v) is 4.12. The van der Waals surface area contributed by atoms with Crippen molar-refractivity contribution in [1.82, 2.24) is 5.32 Å². The number of hydrogen-bond acceptors (Lipinski definition) is 4. The van der Waals surface area contributed by atoms with Crippen molar-refractivity contribution >= 4 is 5.91 Å². The Morgan fingerprint density at radius 3 is 2.68 bits per heavy atom. The maximum absolute atomic E-state index is 12.5. The summed E-state index contributed by atoms with van der Waals surface area (Å²) in [7, 11) is 3.21. The van der Waals surface area contributed by atoms with Gasteiger partial charge in [-0.2, -0.15) is 0 Å². The lowest BCUT2D eigenvalue weighted by Crippen LogP contribution is -2.45. The van der Waals surface area contributed by atoms with Crippen molar-refractivity contribution < 1.29 is 14.3 Å². The largest absolute Gasteiger partial charge is 0.493 e. The number of methoxy groups -OCH3 is 2. The van der Waals surface area contributed by atoms with E-state index in [2.05, 4.69) is 5.32 Å². The lowest BCUT2D eigenvalue weighted by atomic mass is 9.84. The molecule has 22 heavy (non-hydrogen) atoms. The van der Waals surface area contributed by atoms with E-state index in [4.69, 9.17) is 15.2 Å². The zero-order valence-corrected chi connectivity index (χ0v) is 13.2. The molecule has 3 N–H and O–H groups in total. The lowest BCUT2D eigenvalue weighted by Gasteiger charge is -2.27. The van der Waals surface area contributed by atoms with E-state index in [1.165, 1.54) is 6.42 Å². The Kier molecular flexibility index (Phi) is 4.25. The van der Waals surface area contributed by atoms with Crippen molar-refractivity contribution in [3.05, 3.63) is 23.8 Å². The highest BCUT2D eigenvalue weighted by Gasteiger charge is 2.48. The number of para-hydroxylation sites is 1. The summed E-state index contributed by atoms with van der Waals surface area (Å²) in [5.74, 6) is 2.38. The second-order valence-corrected chi connectivity index (χ2v) is 6.31. The average molecular weight is 304 g/mol. The fourth-order valence-electron chi connectivity index (χ4n) is 4.12. The zero-order chi connectivity index (χ0) is 15.7. The summed E-state index contributed by atoms with van der Waals surface area (Å²) < 4.78 is 10.7. The van der Waals surface area contributed by atoms with Crippen LogP contribution < -0.4 is 20.5 Å². The number of benzene rings is 1. The standard InChI is InChI=1S/C17H24N2O3/c1-21-13-5-3-4-12(16(13)22-2)9-19-17(20)14-10-6-7-11(8-10)15(14)18/h3-5,10-11,14-15H,6-9,18H2,1-2H3,(H,19,20). The first-order valence-electron chi connectivity index (χ1n) is 7.88. The van der Waals surface area contributed by atoms with Crippen molar-refractivity contribution in [3.8, 4) is 11.5 Å². The van der Waals surface area contributed by atoms with Crippen LogP contribution in [-0.2, 0) is 11.3 Å². The number of amides is 1. The van der Waals surface area contributed by atoms with E-state index in [1.807, 2.05) is 18.2 Å². The number of nitrogens with two attached hydrogens (primary N) is 1. The van der Waals surface area contributed by atoms with Crippen molar-refractivity contribution in [2.24, 2.45) is 23.5 Å². The first kappa shape index (κ1) is 15.2. The molecular formula is C17H24N2O3. The van der Waals surface area contributed by atoms with Crippen molar-refractivity contribution in [2.45, 2.75) is 31.8 Å². The first-order valence-corrected chi connectivity index (χ1v) is 7.88. The molecule has 3 rings (SSSR count). The van der Waals surface area contributed by atoms with Gasteiger partial charge in [0, 0.05) is 18.2 Å². The molecule has 1 aromatic carbocycles. The number of ether oxygens (including phenoxy) is 2. The van der Waals surface area contributed by atoms with Crippen LogP contribution >= 0.6 is 0 Å². The third-order valence-electron chi connectivity index (χ3n) is 5.22. The van der Waals surface area contributed by atoms with Gasteiger partial charge in [0.1, 0.15) is 0 Å². The molecule has 4 atom stereocenters.